The van der Waals surface area contributed by atoms with E-state index >= 15 is 0 Å². The minimum atomic E-state index is -0.649. The van der Waals surface area contributed by atoms with Crippen LogP contribution in [0.4, 0.5) is 0 Å². The molecule has 16 heavy (non-hydrogen) atoms. The number of ether oxygens (including phenoxy) is 1. The van der Waals surface area contributed by atoms with Gasteiger partial charge in [-0.25, -0.2) is 0 Å². The fourth-order valence-electron chi connectivity index (χ4n) is 0.992. The predicted molar refractivity (Wildman–Crippen MR) is 55.5 cm³/mol. The van der Waals surface area contributed by atoms with Gasteiger partial charge in [-0.2, -0.15) is 0 Å². The van der Waals surface area contributed by atoms with E-state index in [4.69, 9.17) is 0 Å². The van der Waals surface area contributed by atoms with Crippen molar-refractivity contribution in [2.45, 2.75) is 6.92 Å². The summed E-state index contributed by atoms with van der Waals surface area (Å²) in [6.07, 6.45) is 0. The van der Waals surface area contributed by atoms with E-state index in [0.717, 1.165) is 0 Å². The van der Waals surface area contributed by atoms with Crippen molar-refractivity contribution in [3.05, 3.63) is 35.9 Å². The Bertz CT molecular complexity index is 400. The second-order valence-corrected chi connectivity index (χ2v) is 3.02. The first kappa shape index (κ1) is 11.9. The lowest BCUT2D eigenvalue weighted by molar-refractivity contribution is -0.146. The SMILES string of the molecule is CC(=O)OCC(=O)NC(=O)c1ccccc1. The molecule has 0 saturated heterocycles. The minimum absolute atomic E-state index is 0.374. The normalized spacial score (nSPS) is 9.31. The number of benzene rings is 1. The highest BCUT2D eigenvalue weighted by atomic mass is 16.5. The summed E-state index contributed by atoms with van der Waals surface area (Å²) < 4.78 is 4.44. The summed E-state index contributed by atoms with van der Waals surface area (Å²) >= 11 is 0. The summed E-state index contributed by atoms with van der Waals surface area (Å²) in [7, 11) is 0. The Morgan fingerprint density at radius 2 is 1.81 bits per heavy atom. The van der Waals surface area contributed by atoms with Crippen LogP contribution in [0.3, 0.4) is 0 Å². The van der Waals surface area contributed by atoms with Crippen molar-refractivity contribution in [3.8, 4) is 0 Å². The third-order valence-corrected chi connectivity index (χ3v) is 1.70. The van der Waals surface area contributed by atoms with Gasteiger partial charge in [0.25, 0.3) is 11.8 Å². The van der Waals surface area contributed by atoms with E-state index in [9.17, 15) is 14.4 Å². The number of hydrogen-bond donors (Lipinski definition) is 1. The molecular formula is C11H11NO4. The molecule has 84 valence electrons. The van der Waals surface area contributed by atoms with Crippen LogP contribution < -0.4 is 5.32 Å². The molecule has 5 nitrogen and oxygen atoms in total. The fourth-order valence-corrected chi connectivity index (χ4v) is 0.992. The average molecular weight is 221 g/mol. The molecule has 0 spiro atoms. The molecule has 0 aliphatic heterocycles. The van der Waals surface area contributed by atoms with Crippen LogP contribution in [0.15, 0.2) is 30.3 Å². The van der Waals surface area contributed by atoms with E-state index in [1.54, 1.807) is 30.3 Å². The molecule has 0 atom stereocenters. The zero-order valence-electron chi connectivity index (χ0n) is 8.73. The van der Waals surface area contributed by atoms with Gasteiger partial charge in [0.1, 0.15) is 0 Å². The van der Waals surface area contributed by atoms with Gasteiger partial charge >= 0.3 is 5.97 Å². The van der Waals surface area contributed by atoms with Crippen LogP contribution in [0.2, 0.25) is 0 Å². The number of hydrogen-bond acceptors (Lipinski definition) is 4. The number of carbonyl (C=O) groups excluding carboxylic acids is 3. The van der Waals surface area contributed by atoms with Crippen molar-refractivity contribution in [2.24, 2.45) is 0 Å². The Morgan fingerprint density at radius 1 is 1.19 bits per heavy atom. The zero-order chi connectivity index (χ0) is 12.0. The molecule has 0 aliphatic rings. The van der Waals surface area contributed by atoms with E-state index in [1.165, 1.54) is 6.92 Å². The Kier molecular flexibility index (Phi) is 4.20. The van der Waals surface area contributed by atoms with Crippen molar-refractivity contribution < 1.29 is 19.1 Å². The monoisotopic (exact) mass is 221 g/mol. The maximum Gasteiger partial charge on any atom is 0.303 e. The lowest BCUT2D eigenvalue weighted by Crippen LogP contribution is -2.33. The van der Waals surface area contributed by atoms with E-state index in [1.807, 2.05) is 0 Å². The van der Waals surface area contributed by atoms with Crippen molar-refractivity contribution in [3.63, 3.8) is 0 Å². The second-order valence-electron chi connectivity index (χ2n) is 3.02. The van der Waals surface area contributed by atoms with Crippen LogP contribution in [0.5, 0.6) is 0 Å². The smallest absolute Gasteiger partial charge is 0.303 e. The Labute approximate surface area is 92.4 Å². The van der Waals surface area contributed by atoms with Crippen molar-refractivity contribution >= 4 is 17.8 Å². The highest BCUT2D eigenvalue weighted by Gasteiger charge is 2.10. The summed E-state index contributed by atoms with van der Waals surface area (Å²) in [4.78, 5) is 33.0. The minimum Gasteiger partial charge on any atom is -0.456 e. The van der Waals surface area contributed by atoms with Crippen LogP contribution in [0.25, 0.3) is 0 Å². The van der Waals surface area contributed by atoms with E-state index in [2.05, 4.69) is 10.1 Å². The molecule has 1 rings (SSSR count). The molecule has 0 bridgehead atoms. The quantitative estimate of drug-likeness (QED) is 0.754. The van der Waals surface area contributed by atoms with Gasteiger partial charge in [-0.05, 0) is 12.1 Å². The van der Waals surface area contributed by atoms with Gasteiger partial charge in [0.05, 0.1) is 0 Å². The largest absolute Gasteiger partial charge is 0.456 e. The number of carbonyl (C=O) groups is 3. The standard InChI is InChI=1S/C11H11NO4/c1-8(13)16-7-10(14)12-11(15)9-5-3-2-4-6-9/h2-6H,7H2,1H3,(H,12,14,15). The first-order valence-corrected chi connectivity index (χ1v) is 4.62. The maximum atomic E-state index is 11.4. The average Bonchev–Trinajstić information content (AvgIpc) is 2.27. The fraction of sp³-hybridized carbons (Fsp3) is 0.182. The Balaban J connectivity index is 2.46. The van der Waals surface area contributed by atoms with Crippen LogP contribution in [0.1, 0.15) is 17.3 Å². The lowest BCUT2D eigenvalue weighted by Gasteiger charge is -2.03. The van der Waals surface area contributed by atoms with E-state index in [0.29, 0.717) is 5.56 Å². The van der Waals surface area contributed by atoms with E-state index < -0.39 is 24.4 Å². The van der Waals surface area contributed by atoms with Crippen molar-refractivity contribution in [1.82, 2.24) is 5.32 Å². The van der Waals surface area contributed by atoms with Crippen LogP contribution in [-0.4, -0.2) is 24.4 Å². The molecule has 0 saturated carbocycles. The van der Waals surface area contributed by atoms with Gasteiger partial charge in [0.2, 0.25) is 0 Å². The number of amides is 2. The van der Waals surface area contributed by atoms with E-state index in [-0.39, 0.29) is 0 Å². The molecule has 0 aromatic heterocycles. The van der Waals surface area contributed by atoms with Gasteiger partial charge in [0, 0.05) is 12.5 Å². The Morgan fingerprint density at radius 3 is 2.38 bits per heavy atom. The van der Waals surface area contributed by atoms with Gasteiger partial charge in [-0.3, -0.25) is 19.7 Å². The number of esters is 1. The first-order valence-electron chi connectivity index (χ1n) is 4.62. The predicted octanol–water partition coefficient (Wildman–Crippen LogP) is 0.506. The van der Waals surface area contributed by atoms with Gasteiger partial charge < -0.3 is 4.74 Å². The molecule has 0 radical (unpaired) electrons. The summed E-state index contributed by atoms with van der Waals surface area (Å²) in [6.45, 7) is 0.736. The van der Waals surface area contributed by atoms with Crippen LogP contribution >= 0.6 is 0 Å². The third kappa shape index (κ3) is 3.91. The first-order chi connectivity index (χ1) is 7.59. The summed E-state index contributed by atoms with van der Waals surface area (Å²) in [5.74, 6) is -1.73. The molecule has 1 aromatic rings. The number of imide groups is 1. The molecule has 0 aliphatic carbocycles. The summed E-state index contributed by atoms with van der Waals surface area (Å²) in [6, 6.07) is 8.29. The number of nitrogens with one attached hydrogen (secondary N) is 1. The van der Waals surface area contributed by atoms with Gasteiger partial charge in [-0.1, -0.05) is 18.2 Å². The van der Waals surface area contributed by atoms with Gasteiger partial charge in [0.15, 0.2) is 6.61 Å². The molecular weight excluding hydrogens is 210 g/mol. The molecule has 0 unspecified atom stereocenters. The third-order valence-electron chi connectivity index (χ3n) is 1.70. The summed E-state index contributed by atoms with van der Waals surface area (Å²) in [5, 5.41) is 2.10. The highest BCUT2D eigenvalue weighted by Crippen LogP contribution is 1.97. The number of rotatable bonds is 3. The Hall–Kier alpha value is -2.17. The van der Waals surface area contributed by atoms with Crippen molar-refractivity contribution in [1.29, 1.82) is 0 Å². The summed E-state index contributed by atoms with van der Waals surface area (Å²) in [5.41, 5.74) is 0.374. The molecule has 2 amide bonds. The highest BCUT2D eigenvalue weighted by molar-refractivity contribution is 6.05. The molecule has 1 N–H and O–H groups in total. The van der Waals surface area contributed by atoms with Crippen LogP contribution in [0, 0.1) is 0 Å². The maximum absolute atomic E-state index is 11.4. The molecule has 0 fully saturated rings. The lowest BCUT2D eigenvalue weighted by atomic mass is 10.2. The topological polar surface area (TPSA) is 72.5 Å². The van der Waals surface area contributed by atoms with Crippen molar-refractivity contribution in [2.75, 3.05) is 6.61 Å². The van der Waals surface area contributed by atoms with Crippen LogP contribution in [-0.2, 0) is 14.3 Å². The zero-order valence-corrected chi connectivity index (χ0v) is 8.73. The second kappa shape index (κ2) is 5.65. The molecule has 5 heteroatoms. The van der Waals surface area contributed by atoms with Gasteiger partial charge in [-0.15, -0.1) is 0 Å². The molecule has 1 aromatic carbocycles. The molecule has 0 heterocycles.